The van der Waals surface area contributed by atoms with Gasteiger partial charge < -0.3 is 5.32 Å². The van der Waals surface area contributed by atoms with Crippen LogP contribution in [0.15, 0.2) is 6.20 Å². The molecule has 0 fully saturated rings. The summed E-state index contributed by atoms with van der Waals surface area (Å²) >= 11 is 0. The van der Waals surface area contributed by atoms with Crippen LogP contribution in [0.4, 0.5) is 13.2 Å². The second kappa shape index (κ2) is 3.95. The molecule has 1 rings (SSSR count). The molecule has 4 nitrogen and oxygen atoms in total. The lowest BCUT2D eigenvalue weighted by molar-refractivity contribution is -0.140. The Morgan fingerprint density at radius 1 is 1.57 bits per heavy atom. The van der Waals surface area contributed by atoms with Gasteiger partial charge in [-0.1, -0.05) is 5.21 Å². The summed E-state index contributed by atoms with van der Waals surface area (Å²) < 4.78 is 37.7. The molecule has 1 aromatic rings. The third-order valence-corrected chi connectivity index (χ3v) is 1.89. The predicted octanol–water partition coefficient (Wildman–Crippen LogP) is 1.03. The van der Waals surface area contributed by atoms with Crippen LogP contribution >= 0.6 is 0 Å². The van der Waals surface area contributed by atoms with Crippen molar-refractivity contribution in [2.24, 2.45) is 7.05 Å². The van der Waals surface area contributed by atoms with Gasteiger partial charge in [0.05, 0.1) is 24.4 Å². The van der Waals surface area contributed by atoms with Crippen molar-refractivity contribution in [3.05, 3.63) is 11.9 Å². The highest BCUT2D eigenvalue weighted by molar-refractivity contribution is 5.01. The summed E-state index contributed by atoms with van der Waals surface area (Å²) in [6.07, 6.45) is -3.80. The summed E-state index contributed by atoms with van der Waals surface area (Å²) in [5.41, 5.74) is 0.421. The second-order valence-electron chi connectivity index (χ2n) is 2.94. The van der Waals surface area contributed by atoms with Gasteiger partial charge in [0.25, 0.3) is 0 Å². The van der Waals surface area contributed by atoms with E-state index in [-0.39, 0.29) is 0 Å². The van der Waals surface area contributed by atoms with Crippen molar-refractivity contribution in [2.45, 2.75) is 18.6 Å². The molecule has 0 spiro atoms. The van der Waals surface area contributed by atoms with E-state index in [1.54, 1.807) is 7.05 Å². The Kier molecular flexibility index (Phi) is 3.10. The van der Waals surface area contributed by atoms with Crippen molar-refractivity contribution in [1.82, 2.24) is 20.3 Å². The van der Waals surface area contributed by atoms with E-state index in [9.17, 15) is 13.2 Å². The van der Waals surface area contributed by atoms with Crippen LogP contribution in [0, 0.1) is 0 Å². The van der Waals surface area contributed by atoms with E-state index in [0.29, 0.717) is 5.69 Å². The van der Waals surface area contributed by atoms with Gasteiger partial charge >= 0.3 is 6.18 Å². The first-order valence-electron chi connectivity index (χ1n) is 4.02. The maximum absolute atomic E-state index is 12.1. The van der Waals surface area contributed by atoms with E-state index >= 15 is 0 Å². The molecular weight excluding hydrogens is 197 g/mol. The highest BCUT2D eigenvalue weighted by atomic mass is 19.4. The van der Waals surface area contributed by atoms with E-state index in [4.69, 9.17) is 0 Å². The molecule has 1 aromatic heterocycles. The highest BCUT2D eigenvalue weighted by Gasteiger charge is 2.33. The molecule has 0 saturated carbocycles. The van der Waals surface area contributed by atoms with Crippen LogP contribution in [-0.2, 0) is 7.05 Å². The number of rotatable bonds is 3. The van der Waals surface area contributed by atoms with E-state index in [0.717, 1.165) is 0 Å². The minimum absolute atomic E-state index is 0.421. The summed E-state index contributed by atoms with van der Waals surface area (Å²) in [4.78, 5) is 0. The average Bonchev–Trinajstić information content (AvgIpc) is 2.45. The van der Waals surface area contributed by atoms with E-state index in [1.807, 2.05) is 0 Å². The number of alkyl halides is 3. The fourth-order valence-electron chi connectivity index (χ4n) is 1.20. The Hall–Kier alpha value is -1.11. The summed E-state index contributed by atoms with van der Waals surface area (Å²) in [6.45, 7) is 0. The molecule has 0 aromatic carbocycles. The number of hydrogen-bond acceptors (Lipinski definition) is 3. The van der Waals surface area contributed by atoms with Crippen molar-refractivity contribution >= 4 is 0 Å². The van der Waals surface area contributed by atoms with Crippen LogP contribution in [0.5, 0.6) is 0 Å². The van der Waals surface area contributed by atoms with Crippen molar-refractivity contribution < 1.29 is 13.2 Å². The molecule has 1 atom stereocenters. The number of nitrogens with one attached hydrogen (secondary N) is 1. The van der Waals surface area contributed by atoms with Crippen LogP contribution in [0.3, 0.4) is 0 Å². The Balaban J connectivity index is 2.78. The number of aryl methyl sites for hydroxylation is 1. The second-order valence-corrected chi connectivity index (χ2v) is 2.94. The zero-order chi connectivity index (χ0) is 10.8. The number of nitrogens with zero attached hydrogens (tertiary/aromatic N) is 3. The summed E-state index contributed by atoms with van der Waals surface area (Å²) in [7, 11) is 3.03. The number of hydrogen-bond donors (Lipinski definition) is 1. The molecule has 14 heavy (non-hydrogen) atoms. The molecule has 0 aliphatic rings. The van der Waals surface area contributed by atoms with Crippen LogP contribution < -0.4 is 5.32 Å². The van der Waals surface area contributed by atoms with Gasteiger partial charge in [0.15, 0.2) is 0 Å². The fourth-order valence-corrected chi connectivity index (χ4v) is 1.20. The Morgan fingerprint density at radius 3 is 2.57 bits per heavy atom. The Labute approximate surface area is 79.1 Å². The monoisotopic (exact) mass is 208 g/mol. The van der Waals surface area contributed by atoms with Gasteiger partial charge in [0.2, 0.25) is 0 Å². The highest BCUT2D eigenvalue weighted by Crippen LogP contribution is 2.28. The van der Waals surface area contributed by atoms with Crippen molar-refractivity contribution in [3.8, 4) is 0 Å². The Bertz CT molecular complexity index is 293. The molecule has 7 heteroatoms. The van der Waals surface area contributed by atoms with E-state index in [1.165, 1.54) is 17.9 Å². The zero-order valence-corrected chi connectivity index (χ0v) is 7.84. The molecule has 1 N–H and O–H groups in total. The molecule has 80 valence electrons. The lowest BCUT2D eigenvalue weighted by Crippen LogP contribution is -2.25. The summed E-state index contributed by atoms with van der Waals surface area (Å²) in [5.74, 6) is 0. The van der Waals surface area contributed by atoms with Crippen molar-refractivity contribution in [2.75, 3.05) is 7.05 Å². The number of halogens is 3. The molecule has 1 unspecified atom stereocenters. The molecule has 1 heterocycles. The quantitative estimate of drug-likeness (QED) is 0.806. The van der Waals surface area contributed by atoms with Gasteiger partial charge in [-0.2, -0.15) is 13.2 Å². The molecule has 0 radical (unpaired) electrons. The third kappa shape index (κ3) is 2.69. The van der Waals surface area contributed by atoms with Crippen molar-refractivity contribution in [1.29, 1.82) is 0 Å². The van der Waals surface area contributed by atoms with E-state index < -0.39 is 18.6 Å². The van der Waals surface area contributed by atoms with E-state index in [2.05, 4.69) is 15.6 Å². The van der Waals surface area contributed by atoms with Gasteiger partial charge in [-0.3, -0.25) is 4.68 Å². The Morgan fingerprint density at radius 2 is 2.21 bits per heavy atom. The molecule has 0 aliphatic carbocycles. The standard InChI is InChI=1S/C7H11F3N4/c1-11-5(3-7(8,9)10)6-4-12-13-14(6)2/h4-5,11H,3H2,1-2H3. The molecule has 0 amide bonds. The molecule has 0 saturated heterocycles. The number of aromatic nitrogens is 3. The molecule has 0 aliphatic heterocycles. The maximum Gasteiger partial charge on any atom is 0.390 e. The van der Waals surface area contributed by atoms with Crippen molar-refractivity contribution in [3.63, 3.8) is 0 Å². The lowest BCUT2D eigenvalue weighted by Gasteiger charge is -2.17. The lowest BCUT2D eigenvalue weighted by atomic mass is 10.1. The topological polar surface area (TPSA) is 42.7 Å². The fraction of sp³-hybridized carbons (Fsp3) is 0.714. The first-order chi connectivity index (χ1) is 6.44. The van der Waals surface area contributed by atoms with Crippen LogP contribution in [-0.4, -0.2) is 28.2 Å². The third-order valence-electron chi connectivity index (χ3n) is 1.89. The normalized spacial score (nSPS) is 14.4. The van der Waals surface area contributed by atoms with Gasteiger partial charge in [-0.05, 0) is 7.05 Å². The van der Waals surface area contributed by atoms with Crippen LogP contribution in [0.25, 0.3) is 0 Å². The van der Waals surface area contributed by atoms with Crippen LogP contribution in [0.2, 0.25) is 0 Å². The largest absolute Gasteiger partial charge is 0.390 e. The predicted molar refractivity (Wildman–Crippen MR) is 43.5 cm³/mol. The first kappa shape index (κ1) is 11.0. The smallest absolute Gasteiger partial charge is 0.311 e. The SMILES string of the molecule is CNC(CC(F)(F)F)c1cnnn1C. The maximum atomic E-state index is 12.1. The minimum atomic E-state index is -4.20. The molecular formula is C7H11F3N4. The average molecular weight is 208 g/mol. The first-order valence-corrected chi connectivity index (χ1v) is 4.02. The van der Waals surface area contributed by atoms with Gasteiger partial charge in [0, 0.05) is 7.05 Å². The van der Waals surface area contributed by atoms with Gasteiger partial charge in [-0.25, -0.2) is 0 Å². The van der Waals surface area contributed by atoms with Gasteiger partial charge in [-0.15, -0.1) is 5.10 Å². The van der Waals surface area contributed by atoms with Gasteiger partial charge in [0.1, 0.15) is 0 Å². The van der Waals surface area contributed by atoms with Crippen LogP contribution in [0.1, 0.15) is 18.2 Å². The minimum Gasteiger partial charge on any atom is -0.311 e. The molecule has 0 bridgehead atoms. The summed E-state index contributed by atoms with van der Waals surface area (Å²) in [6, 6.07) is -0.796. The zero-order valence-electron chi connectivity index (χ0n) is 7.84. The summed E-state index contributed by atoms with van der Waals surface area (Å²) in [5, 5.41) is 9.68.